The highest BCUT2D eigenvalue weighted by Crippen LogP contribution is 2.03. The van der Waals surface area contributed by atoms with E-state index in [0.29, 0.717) is 11.4 Å². The predicted molar refractivity (Wildman–Crippen MR) is 72.3 cm³/mol. The van der Waals surface area contributed by atoms with E-state index in [9.17, 15) is 9.59 Å². The Morgan fingerprint density at radius 3 is 2.37 bits per heavy atom. The highest BCUT2D eigenvalue weighted by atomic mass is 16.2. The zero-order chi connectivity index (χ0) is 14.4. The fourth-order valence-electron chi connectivity index (χ4n) is 1.37. The number of hydrogen-bond acceptors (Lipinski definition) is 5. The van der Waals surface area contributed by atoms with Crippen LogP contribution in [0.1, 0.15) is 31.1 Å². The molecule has 7 nitrogen and oxygen atoms in total. The van der Waals surface area contributed by atoms with Crippen LogP contribution in [0, 0.1) is 0 Å². The summed E-state index contributed by atoms with van der Waals surface area (Å²) in [6.45, 7) is 5.34. The molecule has 7 heteroatoms. The lowest BCUT2D eigenvalue weighted by Gasteiger charge is -2.16. The number of amides is 2. The quantitative estimate of drug-likeness (QED) is 0.443. The summed E-state index contributed by atoms with van der Waals surface area (Å²) in [4.78, 5) is 27.4. The Morgan fingerprint density at radius 1 is 1.21 bits per heavy atom. The molecule has 0 aliphatic heterocycles. The number of aromatic nitrogens is 1. The summed E-state index contributed by atoms with van der Waals surface area (Å²) in [5.41, 5.74) is 2.73. The maximum absolute atomic E-state index is 11.9. The molecule has 1 aromatic rings. The third kappa shape index (κ3) is 4.55. The fourth-order valence-corrected chi connectivity index (χ4v) is 1.37. The maximum Gasteiger partial charge on any atom is 0.253 e. The van der Waals surface area contributed by atoms with Gasteiger partial charge in [0.1, 0.15) is 11.9 Å². The van der Waals surface area contributed by atoms with Crippen molar-refractivity contribution in [2.75, 3.05) is 5.43 Å². The SMILES string of the molecule is CC(C)NC(=O)C(C)NC(=O)c1ccc(NN)nc1. The molecule has 0 aliphatic rings. The summed E-state index contributed by atoms with van der Waals surface area (Å²) < 4.78 is 0. The normalized spacial score (nSPS) is 11.8. The first-order chi connectivity index (χ1) is 8.93. The van der Waals surface area contributed by atoms with E-state index in [1.165, 1.54) is 6.20 Å². The highest BCUT2D eigenvalue weighted by molar-refractivity contribution is 5.97. The van der Waals surface area contributed by atoms with Crippen LogP contribution in [0.15, 0.2) is 18.3 Å². The average molecular weight is 265 g/mol. The lowest BCUT2D eigenvalue weighted by molar-refractivity contribution is -0.123. The predicted octanol–water partition coefficient (Wildman–Crippen LogP) is 0.0101. The smallest absolute Gasteiger partial charge is 0.253 e. The second kappa shape index (κ2) is 6.69. The van der Waals surface area contributed by atoms with Crippen molar-refractivity contribution in [3.63, 3.8) is 0 Å². The first kappa shape index (κ1) is 14.9. The van der Waals surface area contributed by atoms with Crippen LogP contribution >= 0.6 is 0 Å². The van der Waals surface area contributed by atoms with E-state index in [-0.39, 0.29) is 17.9 Å². The zero-order valence-corrected chi connectivity index (χ0v) is 11.2. The third-order valence-corrected chi connectivity index (χ3v) is 2.35. The van der Waals surface area contributed by atoms with E-state index in [1.54, 1.807) is 19.1 Å². The highest BCUT2D eigenvalue weighted by Gasteiger charge is 2.17. The van der Waals surface area contributed by atoms with Gasteiger partial charge in [0.25, 0.3) is 5.91 Å². The molecule has 5 N–H and O–H groups in total. The van der Waals surface area contributed by atoms with Crippen molar-refractivity contribution < 1.29 is 9.59 Å². The van der Waals surface area contributed by atoms with Gasteiger partial charge >= 0.3 is 0 Å². The minimum absolute atomic E-state index is 0.0310. The van der Waals surface area contributed by atoms with Gasteiger partial charge in [0.05, 0.1) is 5.56 Å². The summed E-state index contributed by atoms with van der Waals surface area (Å²) in [5, 5.41) is 5.32. The van der Waals surface area contributed by atoms with Crippen molar-refractivity contribution in [1.29, 1.82) is 0 Å². The number of anilines is 1. The van der Waals surface area contributed by atoms with Gasteiger partial charge in [0, 0.05) is 12.2 Å². The Balaban J connectivity index is 2.60. The summed E-state index contributed by atoms with van der Waals surface area (Å²) >= 11 is 0. The Morgan fingerprint density at radius 2 is 1.89 bits per heavy atom. The number of carbonyl (C=O) groups is 2. The first-order valence-corrected chi connectivity index (χ1v) is 5.98. The number of nitrogens with two attached hydrogens (primary N) is 1. The van der Waals surface area contributed by atoms with Gasteiger partial charge in [-0.3, -0.25) is 9.59 Å². The number of nitrogen functional groups attached to an aromatic ring is 1. The lowest BCUT2D eigenvalue weighted by Crippen LogP contribution is -2.46. The van der Waals surface area contributed by atoms with Gasteiger partial charge < -0.3 is 16.1 Å². The monoisotopic (exact) mass is 265 g/mol. The molecule has 1 heterocycles. The van der Waals surface area contributed by atoms with Crippen LogP contribution in [-0.4, -0.2) is 28.9 Å². The first-order valence-electron chi connectivity index (χ1n) is 5.98. The van der Waals surface area contributed by atoms with E-state index in [0.717, 1.165) is 0 Å². The second-order valence-corrected chi connectivity index (χ2v) is 4.43. The van der Waals surface area contributed by atoms with Crippen molar-refractivity contribution in [1.82, 2.24) is 15.6 Å². The number of rotatable bonds is 5. The molecule has 1 atom stereocenters. The van der Waals surface area contributed by atoms with Gasteiger partial charge in [-0.2, -0.15) is 0 Å². The van der Waals surface area contributed by atoms with Crippen LogP contribution < -0.4 is 21.9 Å². The number of hydrogen-bond donors (Lipinski definition) is 4. The van der Waals surface area contributed by atoms with Crippen LogP contribution in [-0.2, 0) is 4.79 Å². The number of nitrogens with one attached hydrogen (secondary N) is 3. The topological polar surface area (TPSA) is 109 Å². The molecule has 0 radical (unpaired) electrons. The Labute approximate surface area is 111 Å². The molecule has 0 fully saturated rings. The van der Waals surface area contributed by atoms with Crippen LogP contribution in [0.3, 0.4) is 0 Å². The molecule has 0 aromatic carbocycles. The largest absolute Gasteiger partial charge is 0.352 e. The third-order valence-electron chi connectivity index (χ3n) is 2.35. The lowest BCUT2D eigenvalue weighted by atomic mass is 10.2. The summed E-state index contributed by atoms with van der Waals surface area (Å²) in [6, 6.07) is 2.57. The summed E-state index contributed by atoms with van der Waals surface area (Å²) in [7, 11) is 0. The van der Waals surface area contributed by atoms with Crippen molar-refractivity contribution in [2.45, 2.75) is 32.9 Å². The van der Waals surface area contributed by atoms with Gasteiger partial charge in [0.15, 0.2) is 0 Å². The molecule has 104 valence electrons. The van der Waals surface area contributed by atoms with Crippen LogP contribution in [0.5, 0.6) is 0 Å². The molecule has 0 aliphatic carbocycles. The molecule has 19 heavy (non-hydrogen) atoms. The molecule has 0 saturated carbocycles. The van der Waals surface area contributed by atoms with Crippen molar-refractivity contribution in [3.8, 4) is 0 Å². The molecule has 0 bridgehead atoms. The minimum Gasteiger partial charge on any atom is -0.352 e. The molecule has 1 rings (SSSR count). The molecule has 0 saturated heterocycles. The van der Waals surface area contributed by atoms with Gasteiger partial charge in [-0.05, 0) is 32.9 Å². The van der Waals surface area contributed by atoms with Gasteiger partial charge in [-0.15, -0.1) is 0 Å². The molecular formula is C12H19N5O2. The van der Waals surface area contributed by atoms with Crippen molar-refractivity contribution in [3.05, 3.63) is 23.9 Å². The fraction of sp³-hybridized carbons (Fsp3) is 0.417. The van der Waals surface area contributed by atoms with E-state index in [4.69, 9.17) is 5.84 Å². The average Bonchev–Trinajstić information content (AvgIpc) is 2.37. The van der Waals surface area contributed by atoms with Crippen LogP contribution in [0.25, 0.3) is 0 Å². The van der Waals surface area contributed by atoms with E-state index < -0.39 is 6.04 Å². The van der Waals surface area contributed by atoms with Gasteiger partial charge in [-0.1, -0.05) is 0 Å². The van der Waals surface area contributed by atoms with E-state index >= 15 is 0 Å². The van der Waals surface area contributed by atoms with Crippen molar-refractivity contribution in [2.24, 2.45) is 5.84 Å². The molecule has 1 unspecified atom stereocenters. The Kier molecular flexibility index (Phi) is 5.25. The second-order valence-electron chi connectivity index (χ2n) is 4.43. The standard InChI is InChI=1S/C12H19N5O2/c1-7(2)15-11(18)8(3)16-12(19)9-4-5-10(17-13)14-6-9/h4-8H,13H2,1-3H3,(H,14,17)(H,15,18)(H,16,19). The number of nitrogens with zero attached hydrogens (tertiary/aromatic N) is 1. The summed E-state index contributed by atoms with van der Waals surface area (Å²) in [5.74, 6) is 5.05. The summed E-state index contributed by atoms with van der Waals surface area (Å²) in [6.07, 6.45) is 1.39. The van der Waals surface area contributed by atoms with Crippen LogP contribution in [0.4, 0.5) is 5.82 Å². The van der Waals surface area contributed by atoms with Gasteiger partial charge in [-0.25, -0.2) is 10.8 Å². The van der Waals surface area contributed by atoms with Crippen LogP contribution in [0.2, 0.25) is 0 Å². The zero-order valence-electron chi connectivity index (χ0n) is 11.2. The number of carbonyl (C=O) groups excluding carboxylic acids is 2. The molecule has 1 aromatic heterocycles. The molecule has 2 amide bonds. The minimum atomic E-state index is -0.609. The number of pyridine rings is 1. The van der Waals surface area contributed by atoms with E-state index in [2.05, 4.69) is 21.0 Å². The van der Waals surface area contributed by atoms with Gasteiger partial charge in [0.2, 0.25) is 5.91 Å². The van der Waals surface area contributed by atoms with Crippen molar-refractivity contribution >= 4 is 17.6 Å². The maximum atomic E-state index is 11.9. The molecule has 0 spiro atoms. The molecular weight excluding hydrogens is 246 g/mol. The Bertz CT molecular complexity index is 444. The Hall–Kier alpha value is -2.15. The van der Waals surface area contributed by atoms with E-state index in [1.807, 2.05) is 13.8 Å². The number of hydrazine groups is 1.